The van der Waals surface area contributed by atoms with E-state index in [1.165, 1.54) is 0 Å². The second-order valence-corrected chi connectivity index (χ2v) is 5.05. The van der Waals surface area contributed by atoms with Crippen LogP contribution in [0.2, 0.25) is 0 Å². The molecular weight excluding hydrogens is 250 g/mol. The quantitative estimate of drug-likeness (QED) is 0.912. The predicted molar refractivity (Wildman–Crippen MR) is 70.8 cm³/mol. The summed E-state index contributed by atoms with van der Waals surface area (Å²) in [7, 11) is 0. The molecule has 2 rings (SSSR count). The number of allylic oxidation sites excluding steroid dienone is 2. The molecule has 1 aromatic carbocycles. The van der Waals surface area contributed by atoms with Crippen LogP contribution in [0, 0.1) is 5.92 Å². The van der Waals surface area contributed by atoms with Crippen molar-refractivity contribution in [1.29, 1.82) is 0 Å². The van der Waals surface area contributed by atoms with Gasteiger partial charge >= 0.3 is 0 Å². The zero-order chi connectivity index (χ0) is 13.3. The van der Waals surface area contributed by atoms with Gasteiger partial charge in [-0.1, -0.05) is 49.7 Å². The highest BCUT2D eigenvalue weighted by Crippen LogP contribution is 2.27. The Morgan fingerprint density at radius 2 is 1.67 bits per heavy atom. The summed E-state index contributed by atoms with van der Waals surface area (Å²) < 4.78 is 0. The van der Waals surface area contributed by atoms with Crippen molar-refractivity contribution in [1.82, 2.24) is 5.32 Å². The third kappa shape index (κ3) is 2.18. The van der Waals surface area contributed by atoms with Crippen molar-refractivity contribution < 1.29 is 9.59 Å². The Hall–Kier alpha value is -1.61. The lowest BCUT2D eigenvalue weighted by Gasteiger charge is -2.19. The Kier molecular flexibility index (Phi) is 3.53. The summed E-state index contributed by atoms with van der Waals surface area (Å²) in [6.07, 6.45) is 0. The molecule has 0 bridgehead atoms. The van der Waals surface area contributed by atoms with Crippen LogP contribution in [0.4, 0.5) is 0 Å². The number of hydrogen-bond donors (Lipinski definition) is 1. The van der Waals surface area contributed by atoms with E-state index in [0.29, 0.717) is 23.6 Å². The first-order valence-corrected chi connectivity index (χ1v) is 6.22. The number of carbonyl (C=O) groups excluding carboxylic acids is 2. The van der Waals surface area contributed by atoms with Crippen molar-refractivity contribution in [3.63, 3.8) is 0 Å². The van der Waals surface area contributed by atoms with Crippen LogP contribution in [0.3, 0.4) is 0 Å². The molecule has 0 amide bonds. The number of nitrogens with one attached hydrogen (secondary N) is 1. The second-order valence-electron chi connectivity index (χ2n) is 4.67. The molecule has 0 saturated heterocycles. The average Bonchev–Trinajstić information content (AvgIpc) is 2.36. The van der Waals surface area contributed by atoms with Gasteiger partial charge in [0.1, 0.15) is 10.7 Å². The predicted octanol–water partition coefficient (Wildman–Crippen LogP) is 2.76. The zero-order valence-electron chi connectivity index (χ0n) is 10.3. The van der Waals surface area contributed by atoms with E-state index in [1.54, 1.807) is 24.3 Å². The Bertz CT molecular complexity index is 546. The highest BCUT2D eigenvalue weighted by atomic mass is 35.5. The summed E-state index contributed by atoms with van der Waals surface area (Å²) in [5, 5.41) is 2.95. The van der Waals surface area contributed by atoms with E-state index in [2.05, 4.69) is 5.32 Å². The van der Waals surface area contributed by atoms with Crippen molar-refractivity contribution in [3.05, 3.63) is 46.1 Å². The maximum Gasteiger partial charge on any atom is 0.211 e. The molecule has 0 unspecified atom stereocenters. The topological polar surface area (TPSA) is 46.2 Å². The molecule has 1 aliphatic carbocycles. The van der Waals surface area contributed by atoms with Crippen molar-refractivity contribution >= 4 is 23.2 Å². The van der Waals surface area contributed by atoms with Crippen molar-refractivity contribution in [2.75, 3.05) is 6.54 Å². The summed E-state index contributed by atoms with van der Waals surface area (Å²) in [4.78, 5) is 24.3. The molecular formula is C14H14ClNO2. The van der Waals surface area contributed by atoms with Crippen molar-refractivity contribution in [2.45, 2.75) is 13.8 Å². The normalized spacial score (nSPS) is 15.1. The van der Waals surface area contributed by atoms with E-state index in [4.69, 9.17) is 11.6 Å². The minimum Gasteiger partial charge on any atom is -0.380 e. The second kappa shape index (κ2) is 4.94. The van der Waals surface area contributed by atoms with E-state index in [-0.39, 0.29) is 22.3 Å². The molecule has 94 valence electrons. The number of halogens is 1. The summed E-state index contributed by atoms with van der Waals surface area (Å²) >= 11 is 5.99. The Morgan fingerprint density at radius 3 is 2.22 bits per heavy atom. The van der Waals surface area contributed by atoms with Gasteiger partial charge in [0.05, 0.1) is 0 Å². The molecule has 3 nitrogen and oxygen atoms in total. The van der Waals surface area contributed by atoms with Gasteiger partial charge in [-0.2, -0.15) is 0 Å². The van der Waals surface area contributed by atoms with E-state index < -0.39 is 0 Å². The minimum absolute atomic E-state index is 0.0145. The van der Waals surface area contributed by atoms with E-state index in [0.717, 1.165) is 0 Å². The zero-order valence-corrected chi connectivity index (χ0v) is 11.0. The molecule has 0 saturated carbocycles. The SMILES string of the molecule is CC(C)CNC1=C(Cl)C(=O)c2ccccc2C1=O. The highest BCUT2D eigenvalue weighted by Gasteiger charge is 2.30. The summed E-state index contributed by atoms with van der Waals surface area (Å²) in [5.74, 6) is -0.143. The van der Waals surface area contributed by atoms with Crippen LogP contribution in [-0.2, 0) is 0 Å². The van der Waals surface area contributed by atoms with Gasteiger partial charge in [-0.05, 0) is 5.92 Å². The lowest BCUT2D eigenvalue weighted by molar-refractivity contribution is 0.0974. The molecule has 0 radical (unpaired) electrons. The molecule has 1 aromatic rings. The van der Waals surface area contributed by atoms with Gasteiger partial charge in [-0.15, -0.1) is 0 Å². The molecule has 18 heavy (non-hydrogen) atoms. The molecule has 4 heteroatoms. The van der Waals surface area contributed by atoms with E-state index in [1.807, 2.05) is 13.8 Å². The highest BCUT2D eigenvalue weighted by molar-refractivity contribution is 6.49. The Morgan fingerprint density at radius 1 is 1.11 bits per heavy atom. The number of Topliss-reactive ketones (excluding diaryl/α,β-unsaturated/α-hetero) is 2. The molecule has 1 N–H and O–H groups in total. The van der Waals surface area contributed by atoms with Crippen LogP contribution >= 0.6 is 11.6 Å². The monoisotopic (exact) mass is 263 g/mol. The van der Waals surface area contributed by atoms with Crippen molar-refractivity contribution in [3.8, 4) is 0 Å². The number of benzene rings is 1. The fourth-order valence-electron chi connectivity index (χ4n) is 1.81. The van der Waals surface area contributed by atoms with Crippen LogP contribution in [-0.4, -0.2) is 18.1 Å². The molecule has 0 atom stereocenters. The Labute approximate surface area is 111 Å². The molecule has 0 aromatic heterocycles. The van der Waals surface area contributed by atoms with Crippen molar-refractivity contribution in [2.24, 2.45) is 5.92 Å². The Balaban J connectivity index is 2.40. The fraction of sp³-hybridized carbons (Fsp3) is 0.286. The lowest BCUT2D eigenvalue weighted by Crippen LogP contribution is -2.31. The molecule has 0 aliphatic heterocycles. The number of fused-ring (bicyclic) bond motifs is 1. The van der Waals surface area contributed by atoms with E-state index >= 15 is 0 Å². The van der Waals surface area contributed by atoms with Gasteiger partial charge in [0, 0.05) is 17.7 Å². The van der Waals surface area contributed by atoms with Gasteiger partial charge in [-0.25, -0.2) is 0 Å². The smallest absolute Gasteiger partial charge is 0.211 e. The minimum atomic E-state index is -0.293. The average molecular weight is 264 g/mol. The van der Waals surface area contributed by atoms with Crippen LogP contribution < -0.4 is 5.32 Å². The summed E-state index contributed by atoms with van der Waals surface area (Å²) in [6.45, 7) is 4.64. The number of ketones is 2. The van der Waals surface area contributed by atoms with E-state index in [9.17, 15) is 9.59 Å². The lowest BCUT2D eigenvalue weighted by atomic mass is 9.92. The van der Waals surface area contributed by atoms with Gasteiger partial charge in [0.2, 0.25) is 11.6 Å². The largest absolute Gasteiger partial charge is 0.380 e. The van der Waals surface area contributed by atoms with Crippen LogP contribution in [0.15, 0.2) is 35.0 Å². The molecule has 1 aliphatic rings. The van der Waals surface area contributed by atoms with Gasteiger partial charge in [-0.3, -0.25) is 9.59 Å². The van der Waals surface area contributed by atoms with Crippen LogP contribution in [0.25, 0.3) is 0 Å². The van der Waals surface area contributed by atoms with Crippen LogP contribution in [0.5, 0.6) is 0 Å². The fourth-order valence-corrected chi connectivity index (χ4v) is 2.06. The summed E-state index contributed by atoms with van der Waals surface area (Å²) in [5.41, 5.74) is 1.01. The first-order valence-electron chi connectivity index (χ1n) is 5.84. The molecule has 0 heterocycles. The molecule has 0 spiro atoms. The standard InChI is InChI=1S/C14H14ClNO2/c1-8(2)7-16-12-11(15)13(17)9-5-3-4-6-10(9)14(12)18/h3-6,8,16H,7H2,1-2H3. The first-order chi connectivity index (χ1) is 8.52. The third-order valence-electron chi connectivity index (χ3n) is 2.75. The third-order valence-corrected chi connectivity index (χ3v) is 3.11. The number of carbonyl (C=O) groups is 2. The van der Waals surface area contributed by atoms with Gasteiger partial charge in [0.25, 0.3) is 0 Å². The van der Waals surface area contributed by atoms with Crippen LogP contribution in [0.1, 0.15) is 34.6 Å². The molecule has 0 fully saturated rings. The maximum absolute atomic E-state index is 12.2. The summed E-state index contributed by atoms with van der Waals surface area (Å²) in [6, 6.07) is 6.73. The van der Waals surface area contributed by atoms with Gasteiger partial charge in [0.15, 0.2) is 0 Å². The first kappa shape index (κ1) is 12.8. The van der Waals surface area contributed by atoms with Gasteiger partial charge < -0.3 is 5.32 Å². The maximum atomic E-state index is 12.2. The number of hydrogen-bond acceptors (Lipinski definition) is 3. The number of rotatable bonds is 3.